The van der Waals surface area contributed by atoms with Crippen LogP contribution >= 0.6 is 0 Å². The molecule has 0 atom stereocenters. The Morgan fingerprint density at radius 1 is 0.719 bits per heavy atom. The number of hydrogen-bond acceptors (Lipinski definition) is 2. The summed E-state index contributed by atoms with van der Waals surface area (Å²) in [7, 11) is 0. The largest absolute Gasteiger partial charge is 0.365 e. The average molecular weight is 435 g/mol. The third kappa shape index (κ3) is 8.98. The zero-order chi connectivity index (χ0) is 24.4. The van der Waals surface area contributed by atoms with Crippen LogP contribution in [0, 0.1) is 5.41 Å². The van der Waals surface area contributed by atoms with E-state index in [0.717, 1.165) is 16.7 Å². The number of hydrogen-bond donors (Lipinski definition) is 2. The summed E-state index contributed by atoms with van der Waals surface area (Å²) in [5.41, 5.74) is 6.30. The average Bonchev–Trinajstić information content (AvgIpc) is 2.68. The molecule has 174 valence electrons. The van der Waals surface area contributed by atoms with Crippen LogP contribution in [0.5, 0.6) is 0 Å². The van der Waals surface area contributed by atoms with E-state index in [0.29, 0.717) is 12.8 Å². The zero-order valence-corrected chi connectivity index (χ0v) is 21.2. The summed E-state index contributed by atoms with van der Waals surface area (Å²) in [4.78, 5) is 0. The number of allylic oxidation sites excluding steroid dienone is 17. The first-order valence-electron chi connectivity index (χ1n) is 11.4. The minimum atomic E-state index is -1.67. The zero-order valence-electron chi connectivity index (χ0n) is 21.2. The molecule has 0 aliphatic heterocycles. The molecule has 1 aliphatic rings. The first-order valence-corrected chi connectivity index (χ1v) is 11.4. The molecule has 1 rings (SSSR count). The van der Waals surface area contributed by atoms with E-state index in [9.17, 15) is 10.2 Å². The third-order valence-corrected chi connectivity index (χ3v) is 5.83. The molecule has 0 aromatic heterocycles. The van der Waals surface area contributed by atoms with Crippen molar-refractivity contribution in [3.8, 4) is 0 Å². The van der Waals surface area contributed by atoms with Gasteiger partial charge in [0.1, 0.15) is 0 Å². The lowest BCUT2D eigenvalue weighted by Gasteiger charge is -2.44. The maximum atomic E-state index is 10.4. The fourth-order valence-electron chi connectivity index (χ4n) is 3.45. The van der Waals surface area contributed by atoms with Gasteiger partial charge in [-0.3, -0.25) is 0 Å². The van der Waals surface area contributed by atoms with E-state index in [1.54, 1.807) is 0 Å². The molecule has 0 saturated heterocycles. The lowest BCUT2D eigenvalue weighted by molar-refractivity contribution is -0.228. The fraction of sp³-hybridized carbons (Fsp3) is 0.400. The van der Waals surface area contributed by atoms with Gasteiger partial charge < -0.3 is 10.2 Å². The summed E-state index contributed by atoms with van der Waals surface area (Å²) < 4.78 is 0. The Hall–Kier alpha value is -2.42. The molecule has 1 aliphatic carbocycles. The third-order valence-electron chi connectivity index (χ3n) is 5.83. The molecule has 0 heterocycles. The standard InChI is InChI=1S/C30H42O2/c1-23(2)13-11-16-24(3)14-9-10-15-25(4)17-12-18-26(5)19-20-28-27(6)21-22-30(31,32)29(28,7)8/h9-20,31-32H,21-22H2,1-8H3/b10-9+,16-11+,17-12+,20-19+,24-14-,25-15-,26-18-. The van der Waals surface area contributed by atoms with Gasteiger partial charge in [0.25, 0.3) is 0 Å². The van der Waals surface area contributed by atoms with Gasteiger partial charge in [0.05, 0.1) is 0 Å². The molecule has 0 amide bonds. The van der Waals surface area contributed by atoms with E-state index in [4.69, 9.17) is 0 Å². The van der Waals surface area contributed by atoms with Crippen LogP contribution < -0.4 is 0 Å². The molecule has 0 fully saturated rings. The lowest BCUT2D eigenvalue weighted by atomic mass is 9.68. The second-order valence-electron chi connectivity index (χ2n) is 9.55. The van der Waals surface area contributed by atoms with Crippen LogP contribution in [0.25, 0.3) is 0 Å². The number of aliphatic hydroxyl groups is 2. The summed E-state index contributed by atoms with van der Waals surface area (Å²) >= 11 is 0. The highest BCUT2D eigenvalue weighted by Crippen LogP contribution is 2.46. The van der Waals surface area contributed by atoms with E-state index in [2.05, 4.69) is 77.2 Å². The number of rotatable bonds is 8. The van der Waals surface area contributed by atoms with Gasteiger partial charge in [0.15, 0.2) is 5.79 Å². The van der Waals surface area contributed by atoms with Crippen LogP contribution in [0.4, 0.5) is 0 Å². The van der Waals surface area contributed by atoms with Crippen LogP contribution in [-0.4, -0.2) is 16.0 Å². The van der Waals surface area contributed by atoms with Gasteiger partial charge in [0, 0.05) is 11.8 Å². The van der Waals surface area contributed by atoms with Gasteiger partial charge in [-0.2, -0.15) is 0 Å². The highest BCUT2D eigenvalue weighted by Gasteiger charge is 2.46. The Bertz CT molecular complexity index is 916. The second kappa shape index (κ2) is 12.6. The summed E-state index contributed by atoms with van der Waals surface area (Å²) in [5.74, 6) is -1.67. The summed E-state index contributed by atoms with van der Waals surface area (Å²) in [5, 5.41) is 20.8. The van der Waals surface area contributed by atoms with E-state index in [1.165, 1.54) is 16.7 Å². The van der Waals surface area contributed by atoms with Crippen LogP contribution in [0.15, 0.2) is 106 Å². The second-order valence-corrected chi connectivity index (χ2v) is 9.55. The van der Waals surface area contributed by atoms with Crippen molar-refractivity contribution in [1.29, 1.82) is 0 Å². The minimum Gasteiger partial charge on any atom is -0.365 e. The van der Waals surface area contributed by atoms with E-state index < -0.39 is 11.2 Å². The van der Waals surface area contributed by atoms with E-state index in [-0.39, 0.29) is 0 Å². The maximum absolute atomic E-state index is 10.4. The van der Waals surface area contributed by atoms with Crippen LogP contribution in [0.3, 0.4) is 0 Å². The lowest BCUT2D eigenvalue weighted by Crippen LogP contribution is -2.48. The van der Waals surface area contributed by atoms with Gasteiger partial charge in [-0.15, -0.1) is 0 Å². The molecule has 0 aromatic rings. The normalized spacial score (nSPS) is 20.4. The molecule has 0 spiro atoms. The van der Waals surface area contributed by atoms with Gasteiger partial charge >= 0.3 is 0 Å². The van der Waals surface area contributed by atoms with Crippen LogP contribution in [0.2, 0.25) is 0 Å². The molecule has 2 N–H and O–H groups in total. The van der Waals surface area contributed by atoms with Gasteiger partial charge in [0.2, 0.25) is 0 Å². The molecule has 0 unspecified atom stereocenters. The highest BCUT2D eigenvalue weighted by molar-refractivity contribution is 5.39. The van der Waals surface area contributed by atoms with Gasteiger partial charge in [-0.05, 0) is 53.5 Å². The van der Waals surface area contributed by atoms with Crippen molar-refractivity contribution in [3.05, 3.63) is 106 Å². The smallest absolute Gasteiger partial charge is 0.172 e. The summed E-state index contributed by atoms with van der Waals surface area (Å²) in [6, 6.07) is 0. The Kier molecular flexibility index (Phi) is 10.9. The Morgan fingerprint density at radius 2 is 1.19 bits per heavy atom. The monoisotopic (exact) mass is 434 g/mol. The molecule has 0 bridgehead atoms. The molecular formula is C30H42O2. The molecule has 0 saturated carbocycles. The molecule has 0 radical (unpaired) electrons. The van der Waals surface area contributed by atoms with Crippen molar-refractivity contribution in [1.82, 2.24) is 0 Å². The predicted octanol–water partition coefficient (Wildman–Crippen LogP) is 7.83. The molecule has 2 nitrogen and oxygen atoms in total. The van der Waals surface area contributed by atoms with Crippen molar-refractivity contribution in [2.45, 2.75) is 74.0 Å². The van der Waals surface area contributed by atoms with Gasteiger partial charge in [-0.1, -0.05) is 115 Å². The predicted molar refractivity (Wildman–Crippen MR) is 140 cm³/mol. The van der Waals surface area contributed by atoms with E-state index in [1.807, 2.05) is 51.2 Å². The van der Waals surface area contributed by atoms with E-state index >= 15 is 0 Å². The quantitative estimate of drug-likeness (QED) is 0.302. The van der Waals surface area contributed by atoms with Crippen molar-refractivity contribution in [3.63, 3.8) is 0 Å². The van der Waals surface area contributed by atoms with Crippen molar-refractivity contribution in [2.24, 2.45) is 5.41 Å². The maximum Gasteiger partial charge on any atom is 0.172 e. The minimum absolute atomic E-state index is 0.378. The Labute approximate surface area is 196 Å². The first kappa shape index (κ1) is 27.6. The molecule has 0 aromatic carbocycles. The Morgan fingerprint density at radius 3 is 1.72 bits per heavy atom. The highest BCUT2D eigenvalue weighted by atomic mass is 16.5. The van der Waals surface area contributed by atoms with Crippen molar-refractivity contribution < 1.29 is 10.2 Å². The summed E-state index contributed by atoms with van der Waals surface area (Å²) in [6.07, 6.45) is 25.9. The van der Waals surface area contributed by atoms with Crippen molar-refractivity contribution in [2.75, 3.05) is 0 Å². The topological polar surface area (TPSA) is 40.5 Å². The molecule has 32 heavy (non-hydrogen) atoms. The fourth-order valence-corrected chi connectivity index (χ4v) is 3.45. The van der Waals surface area contributed by atoms with Gasteiger partial charge in [-0.25, -0.2) is 0 Å². The molecular weight excluding hydrogens is 392 g/mol. The first-order chi connectivity index (χ1) is 14.9. The van der Waals surface area contributed by atoms with Crippen molar-refractivity contribution >= 4 is 0 Å². The summed E-state index contributed by atoms with van der Waals surface area (Å²) in [6.45, 7) is 16.3. The SMILES string of the molecule is CC(C)=C/C=C/C(C)=C\C=C\C=C(C)/C=C/C=C(C)\C=C\C1=C(C)CCC(O)(O)C1(C)C. The van der Waals surface area contributed by atoms with Crippen LogP contribution in [-0.2, 0) is 0 Å². The molecule has 2 heteroatoms. The Balaban J connectivity index is 2.75. The van der Waals surface area contributed by atoms with Crippen LogP contribution in [0.1, 0.15) is 68.2 Å².